The van der Waals surface area contributed by atoms with Gasteiger partial charge in [0.2, 0.25) is 0 Å². The minimum atomic E-state index is -1.07. The van der Waals surface area contributed by atoms with Crippen LogP contribution in [0.1, 0.15) is 30.3 Å². The van der Waals surface area contributed by atoms with Gasteiger partial charge in [-0.15, -0.1) is 11.3 Å². The third kappa shape index (κ3) is 4.34. The van der Waals surface area contributed by atoms with E-state index in [0.717, 1.165) is 28.4 Å². The molecule has 190 valence electrons. The van der Waals surface area contributed by atoms with E-state index in [1.165, 1.54) is 11.3 Å². The summed E-state index contributed by atoms with van der Waals surface area (Å²) < 4.78 is 39.2. The average molecular weight is 543 g/mol. The number of fused-ring (bicyclic) bond motifs is 1. The van der Waals surface area contributed by atoms with Gasteiger partial charge in [0.05, 0.1) is 34.6 Å². The fourth-order valence-electron chi connectivity index (χ4n) is 4.14. The van der Waals surface area contributed by atoms with E-state index in [0.29, 0.717) is 21.9 Å². The van der Waals surface area contributed by atoms with Crippen LogP contribution in [0.4, 0.5) is 13.9 Å². The van der Waals surface area contributed by atoms with Crippen molar-refractivity contribution >= 4 is 55.5 Å². The van der Waals surface area contributed by atoms with Crippen molar-refractivity contribution in [1.82, 2.24) is 4.98 Å². The molecule has 3 heterocycles. The SMILES string of the molecule is CCOc1ccc(/C(O)=C2\C(=O)C(=O)N(c3nc4cc(F)c(F)cc4s3)C2c2cccs2)c(OCC)c1. The number of thiophene rings is 1. The first-order valence-corrected chi connectivity index (χ1v) is 13.0. The van der Waals surface area contributed by atoms with E-state index in [1.807, 2.05) is 6.92 Å². The highest BCUT2D eigenvalue weighted by Gasteiger charge is 2.49. The molecule has 1 N–H and O–H groups in total. The highest BCUT2D eigenvalue weighted by atomic mass is 32.1. The van der Waals surface area contributed by atoms with E-state index < -0.39 is 35.1 Å². The van der Waals surface area contributed by atoms with E-state index >= 15 is 0 Å². The minimum absolute atomic E-state index is 0.0799. The van der Waals surface area contributed by atoms with Gasteiger partial charge in [0.1, 0.15) is 23.3 Å². The zero-order valence-electron chi connectivity index (χ0n) is 19.7. The summed E-state index contributed by atoms with van der Waals surface area (Å²) in [5, 5.41) is 13.3. The summed E-state index contributed by atoms with van der Waals surface area (Å²) in [5.74, 6) is -3.55. The number of carbonyl (C=O) groups is 2. The lowest BCUT2D eigenvalue weighted by Crippen LogP contribution is -2.28. The first-order valence-electron chi connectivity index (χ1n) is 11.3. The van der Waals surface area contributed by atoms with Gasteiger partial charge in [-0.1, -0.05) is 17.4 Å². The standard InChI is InChI=1S/C26H20F2N2O5S2/c1-3-34-13-7-8-14(18(10-13)35-4-2)23(31)21-22(19-6-5-9-36-19)30(25(33)24(21)32)26-29-17-11-15(27)16(28)12-20(17)37-26/h5-12,22,31H,3-4H2,1-2H3/b23-21+. The van der Waals surface area contributed by atoms with Gasteiger partial charge >= 0.3 is 5.91 Å². The number of ketones is 1. The number of rotatable bonds is 7. The second-order valence-electron chi connectivity index (χ2n) is 7.94. The van der Waals surface area contributed by atoms with Gasteiger partial charge in [0.15, 0.2) is 16.8 Å². The van der Waals surface area contributed by atoms with E-state index in [1.54, 1.807) is 42.6 Å². The molecule has 2 aromatic carbocycles. The number of aromatic nitrogens is 1. The number of hydrogen-bond acceptors (Lipinski definition) is 8. The summed E-state index contributed by atoms with van der Waals surface area (Å²) in [6, 6.07) is 9.22. The third-order valence-electron chi connectivity index (χ3n) is 5.70. The topological polar surface area (TPSA) is 89.0 Å². The Morgan fingerprint density at radius 1 is 1.08 bits per heavy atom. The summed E-state index contributed by atoms with van der Waals surface area (Å²) in [5.41, 5.74) is 0.225. The number of Topliss-reactive ketones (excluding diaryl/α,β-unsaturated/α-hetero) is 1. The van der Waals surface area contributed by atoms with E-state index in [4.69, 9.17) is 9.47 Å². The summed E-state index contributed by atoms with van der Waals surface area (Å²) >= 11 is 2.24. The number of nitrogens with zero attached hydrogens (tertiary/aromatic N) is 2. The zero-order valence-corrected chi connectivity index (χ0v) is 21.3. The Bertz CT molecular complexity index is 1510. The van der Waals surface area contributed by atoms with Crippen molar-refractivity contribution < 1.29 is 33.0 Å². The average Bonchev–Trinajstić information content (AvgIpc) is 3.59. The number of aliphatic hydroxyl groups is 1. The van der Waals surface area contributed by atoms with Crippen LogP contribution >= 0.6 is 22.7 Å². The molecule has 0 aliphatic carbocycles. The molecular weight excluding hydrogens is 522 g/mol. The molecule has 1 fully saturated rings. The second-order valence-corrected chi connectivity index (χ2v) is 9.93. The lowest BCUT2D eigenvalue weighted by atomic mass is 9.99. The van der Waals surface area contributed by atoms with Gasteiger partial charge in [-0.2, -0.15) is 0 Å². The van der Waals surface area contributed by atoms with Crippen LogP contribution in [0.5, 0.6) is 11.5 Å². The number of carbonyl (C=O) groups excluding carboxylic acids is 2. The fourth-order valence-corrected chi connectivity index (χ4v) is 5.96. The largest absolute Gasteiger partial charge is 0.507 e. The smallest absolute Gasteiger partial charge is 0.301 e. The number of ether oxygens (including phenoxy) is 2. The summed E-state index contributed by atoms with van der Waals surface area (Å²) in [7, 11) is 0. The molecule has 2 aromatic heterocycles. The maximum atomic E-state index is 13.8. The van der Waals surface area contributed by atoms with Gasteiger partial charge in [0.25, 0.3) is 5.78 Å². The van der Waals surface area contributed by atoms with E-state index in [-0.39, 0.29) is 34.1 Å². The van der Waals surface area contributed by atoms with Crippen molar-refractivity contribution in [2.45, 2.75) is 19.9 Å². The normalized spacial score (nSPS) is 17.1. The number of amides is 1. The maximum absolute atomic E-state index is 13.8. The third-order valence-corrected chi connectivity index (χ3v) is 7.64. The summed E-state index contributed by atoms with van der Waals surface area (Å²) in [4.78, 5) is 32.8. The lowest BCUT2D eigenvalue weighted by molar-refractivity contribution is -0.132. The predicted octanol–water partition coefficient (Wildman–Crippen LogP) is 6.06. The molecule has 1 aliphatic heterocycles. The first-order chi connectivity index (χ1) is 17.8. The fraction of sp³-hybridized carbons (Fsp3) is 0.192. The molecule has 0 radical (unpaired) electrons. The lowest BCUT2D eigenvalue weighted by Gasteiger charge is -2.21. The Labute approximate surface area is 218 Å². The summed E-state index contributed by atoms with van der Waals surface area (Å²) in [6.07, 6.45) is 0. The van der Waals surface area contributed by atoms with Crippen LogP contribution in [0.2, 0.25) is 0 Å². The van der Waals surface area contributed by atoms with Crippen molar-refractivity contribution in [2.75, 3.05) is 18.1 Å². The number of hydrogen-bond donors (Lipinski definition) is 1. The molecule has 0 bridgehead atoms. The molecule has 1 amide bonds. The molecule has 4 aromatic rings. The highest BCUT2D eigenvalue weighted by Crippen LogP contribution is 2.46. The Morgan fingerprint density at radius 2 is 1.84 bits per heavy atom. The van der Waals surface area contributed by atoms with Crippen LogP contribution in [0, 0.1) is 11.6 Å². The van der Waals surface area contributed by atoms with E-state index in [9.17, 15) is 23.5 Å². The number of benzene rings is 2. The number of halogens is 2. The van der Waals surface area contributed by atoms with Crippen LogP contribution in [-0.4, -0.2) is 35.0 Å². The van der Waals surface area contributed by atoms with Crippen LogP contribution in [-0.2, 0) is 9.59 Å². The van der Waals surface area contributed by atoms with Crippen molar-refractivity contribution in [2.24, 2.45) is 0 Å². The van der Waals surface area contributed by atoms with Crippen LogP contribution in [0.25, 0.3) is 16.0 Å². The molecule has 37 heavy (non-hydrogen) atoms. The van der Waals surface area contributed by atoms with Crippen LogP contribution in [0.3, 0.4) is 0 Å². The number of anilines is 1. The van der Waals surface area contributed by atoms with Crippen LogP contribution in [0.15, 0.2) is 53.4 Å². The predicted molar refractivity (Wildman–Crippen MR) is 137 cm³/mol. The molecule has 1 unspecified atom stereocenters. The molecule has 1 aliphatic rings. The maximum Gasteiger partial charge on any atom is 0.301 e. The van der Waals surface area contributed by atoms with Crippen molar-refractivity contribution in [3.8, 4) is 11.5 Å². The summed E-state index contributed by atoms with van der Waals surface area (Å²) in [6.45, 7) is 4.33. The quantitative estimate of drug-likeness (QED) is 0.174. The number of thiazole rings is 1. The Hall–Kier alpha value is -3.83. The molecular formula is C26H20F2N2O5S2. The highest BCUT2D eigenvalue weighted by molar-refractivity contribution is 7.22. The first kappa shape index (κ1) is 24.8. The van der Waals surface area contributed by atoms with Crippen molar-refractivity contribution in [3.63, 3.8) is 0 Å². The van der Waals surface area contributed by atoms with Gasteiger partial charge < -0.3 is 14.6 Å². The molecule has 7 nitrogen and oxygen atoms in total. The molecule has 5 rings (SSSR count). The Kier molecular flexibility index (Phi) is 6.65. The molecule has 0 saturated carbocycles. The van der Waals surface area contributed by atoms with Gasteiger partial charge in [-0.3, -0.25) is 14.5 Å². The Balaban J connectivity index is 1.69. The Morgan fingerprint density at radius 3 is 2.54 bits per heavy atom. The van der Waals surface area contributed by atoms with Gasteiger partial charge in [-0.25, -0.2) is 13.8 Å². The molecule has 1 saturated heterocycles. The second kappa shape index (κ2) is 9.91. The monoisotopic (exact) mass is 542 g/mol. The minimum Gasteiger partial charge on any atom is -0.507 e. The molecule has 11 heteroatoms. The van der Waals surface area contributed by atoms with Crippen molar-refractivity contribution in [1.29, 1.82) is 0 Å². The van der Waals surface area contributed by atoms with Crippen LogP contribution < -0.4 is 14.4 Å². The van der Waals surface area contributed by atoms with Crippen molar-refractivity contribution in [3.05, 3.63) is 75.5 Å². The zero-order chi connectivity index (χ0) is 26.3. The molecule has 0 spiro atoms. The van der Waals surface area contributed by atoms with Gasteiger partial charge in [-0.05, 0) is 43.5 Å². The van der Waals surface area contributed by atoms with Gasteiger partial charge in [0, 0.05) is 17.0 Å². The molecule has 1 atom stereocenters. The number of aliphatic hydroxyl groups excluding tert-OH is 1. The van der Waals surface area contributed by atoms with E-state index in [2.05, 4.69) is 4.98 Å².